The van der Waals surface area contributed by atoms with Gasteiger partial charge in [-0.2, -0.15) is 0 Å². The molecule has 0 amide bonds. The molecule has 1 aromatic carbocycles. The van der Waals surface area contributed by atoms with Crippen LogP contribution in [-0.2, 0) is 24.9 Å². The topological polar surface area (TPSA) is 40.1 Å². The Labute approximate surface area is 97.1 Å². The van der Waals surface area contributed by atoms with Crippen molar-refractivity contribution in [1.29, 1.82) is 0 Å². The SMILES string of the molecule is CC(C)(C)c1ccc(C(=O)[O-])cc1.[Zn+2]. The van der Waals surface area contributed by atoms with Gasteiger partial charge in [0.1, 0.15) is 0 Å². The van der Waals surface area contributed by atoms with Crippen molar-refractivity contribution < 1.29 is 29.4 Å². The average molecular weight is 243 g/mol. The van der Waals surface area contributed by atoms with Gasteiger partial charge in [0.05, 0.1) is 5.97 Å². The summed E-state index contributed by atoms with van der Waals surface area (Å²) in [7, 11) is 0. The summed E-state index contributed by atoms with van der Waals surface area (Å²) >= 11 is 0. The van der Waals surface area contributed by atoms with E-state index in [0.717, 1.165) is 5.56 Å². The molecule has 0 aliphatic carbocycles. The van der Waals surface area contributed by atoms with Crippen LogP contribution in [0.5, 0.6) is 0 Å². The average Bonchev–Trinajstić information content (AvgIpc) is 2.03. The van der Waals surface area contributed by atoms with Crippen LogP contribution in [0.1, 0.15) is 36.7 Å². The summed E-state index contributed by atoms with van der Waals surface area (Å²) in [6.07, 6.45) is 0. The molecule has 0 aliphatic rings. The van der Waals surface area contributed by atoms with Crippen LogP contribution in [0.3, 0.4) is 0 Å². The van der Waals surface area contributed by atoms with E-state index in [1.54, 1.807) is 12.1 Å². The van der Waals surface area contributed by atoms with Gasteiger partial charge < -0.3 is 9.90 Å². The van der Waals surface area contributed by atoms with Crippen LogP contribution >= 0.6 is 0 Å². The first kappa shape index (κ1) is 13.3. The van der Waals surface area contributed by atoms with Gasteiger partial charge in [0.15, 0.2) is 0 Å². The minimum absolute atomic E-state index is 0. The molecule has 14 heavy (non-hydrogen) atoms. The number of carbonyl (C=O) groups excluding carboxylic acids is 1. The first-order valence-electron chi connectivity index (χ1n) is 4.23. The Bertz CT molecular complexity index is 309. The number of benzene rings is 1. The molecule has 0 radical (unpaired) electrons. The first-order valence-corrected chi connectivity index (χ1v) is 4.23. The molecule has 0 aromatic heterocycles. The van der Waals surface area contributed by atoms with E-state index in [0.29, 0.717) is 0 Å². The molecule has 0 N–H and O–H groups in total. The molecule has 0 saturated carbocycles. The summed E-state index contributed by atoms with van der Waals surface area (Å²) in [6, 6.07) is 6.81. The van der Waals surface area contributed by atoms with Crippen LogP contribution in [0, 0.1) is 0 Å². The fourth-order valence-corrected chi connectivity index (χ4v) is 1.11. The molecule has 0 atom stereocenters. The van der Waals surface area contributed by atoms with E-state index in [1.807, 2.05) is 12.1 Å². The van der Waals surface area contributed by atoms with Gasteiger partial charge in [-0.15, -0.1) is 0 Å². The van der Waals surface area contributed by atoms with Gasteiger partial charge in [-0.3, -0.25) is 0 Å². The Balaban J connectivity index is 0.00000169. The minimum atomic E-state index is -1.12. The van der Waals surface area contributed by atoms with E-state index in [-0.39, 0.29) is 30.5 Å². The molecule has 0 aliphatic heterocycles. The number of rotatable bonds is 1. The molecule has 2 nitrogen and oxygen atoms in total. The Morgan fingerprint density at radius 2 is 1.57 bits per heavy atom. The Hall–Kier alpha value is -0.687. The van der Waals surface area contributed by atoms with Gasteiger partial charge in [0, 0.05) is 0 Å². The molecule has 0 saturated heterocycles. The number of hydrogen-bond acceptors (Lipinski definition) is 2. The first-order chi connectivity index (χ1) is 5.91. The fraction of sp³-hybridized carbons (Fsp3) is 0.364. The summed E-state index contributed by atoms with van der Waals surface area (Å²) in [6.45, 7) is 6.25. The second-order valence-electron chi connectivity index (χ2n) is 4.11. The molecule has 0 bridgehead atoms. The molecular formula is C11H13O2Zn+. The Kier molecular flexibility index (Phi) is 4.47. The predicted molar refractivity (Wildman–Crippen MR) is 49.5 cm³/mol. The molecule has 0 fully saturated rings. The molecule has 1 aromatic rings. The van der Waals surface area contributed by atoms with Crippen molar-refractivity contribution >= 4 is 5.97 Å². The van der Waals surface area contributed by atoms with Crippen molar-refractivity contribution in [1.82, 2.24) is 0 Å². The van der Waals surface area contributed by atoms with Crippen molar-refractivity contribution in [2.75, 3.05) is 0 Å². The van der Waals surface area contributed by atoms with Crippen molar-refractivity contribution in [2.24, 2.45) is 0 Å². The van der Waals surface area contributed by atoms with Crippen LogP contribution < -0.4 is 5.11 Å². The van der Waals surface area contributed by atoms with Gasteiger partial charge in [-0.1, -0.05) is 45.0 Å². The van der Waals surface area contributed by atoms with Crippen LogP contribution in [0.4, 0.5) is 0 Å². The van der Waals surface area contributed by atoms with Gasteiger partial charge >= 0.3 is 19.5 Å². The standard InChI is InChI=1S/C11H14O2.Zn/c1-11(2,3)9-6-4-8(5-7-9)10(12)13;/h4-7H,1-3H3,(H,12,13);/q;+2/p-1. The third-order valence-corrected chi connectivity index (χ3v) is 1.99. The van der Waals surface area contributed by atoms with E-state index < -0.39 is 5.97 Å². The van der Waals surface area contributed by atoms with Crippen LogP contribution in [0.2, 0.25) is 0 Å². The molecule has 70 valence electrons. The summed E-state index contributed by atoms with van der Waals surface area (Å²) in [5.74, 6) is -1.12. The summed E-state index contributed by atoms with van der Waals surface area (Å²) in [5.41, 5.74) is 1.41. The van der Waals surface area contributed by atoms with Crippen LogP contribution in [0.25, 0.3) is 0 Å². The van der Waals surface area contributed by atoms with Gasteiger partial charge in [0.2, 0.25) is 0 Å². The largest absolute Gasteiger partial charge is 2.00 e. The van der Waals surface area contributed by atoms with Gasteiger partial charge in [0.25, 0.3) is 0 Å². The third kappa shape index (κ3) is 3.23. The zero-order valence-corrected chi connectivity index (χ0v) is 11.8. The molecular weight excluding hydrogens is 230 g/mol. The fourth-order valence-electron chi connectivity index (χ4n) is 1.11. The number of carboxylic acid groups (broad SMARTS) is 1. The van der Waals surface area contributed by atoms with Gasteiger partial charge in [-0.25, -0.2) is 0 Å². The maximum atomic E-state index is 10.5. The molecule has 0 unspecified atom stereocenters. The number of hydrogen-bond donors (Lipinski definition) is 0. The quantitative estimate of drug-likeness (QED) is 0.698. The predicted octanol–water partition coefficient (Wildman–Crippen LogP) is 1.35. The zero-order valence-electron chi connectivity index (χ0n) is 8.83. The normalized spacial score (nSPS) is 10.5. The second-order valence-corrected chi connectivity index (χ2v) is 4.11. The number of carbonyl (C=O) groups is 1. The summed E-state index contributed by atoms with van der Waals surface area (Å²) in [4.78, 5) is 10.5. The Morgan fingerprint density at radius 1 is 1.14 bits per heavy atom. The van der Waals surface area contributed by atoms with Gasteiger partial charge in [-0.05, 0) is 16.5 Å². The molecule has 0 heterocycles. The maximum Gasteiger partial charge on any atom is 2.00 e. The minimum Gasteiger partial charge on any atom is -0.545 e. The summed E-state index contributed by atoms with van der Waals surface area (Å²) in [5, 5.41) is 10.5. The molecule has 0 spiro atoms. The number of carboxylic acids is 1. The molecule has 1 rings (SSSR count). The zero-order chi connectivity index (χ0) is 10.1. The molecule has 3 heteroatoms. The van der Waals surface area contributed by atoms with Crippen LogP contribution in [0.15, 0.2) is 24.3 Å². The Morgan fingerprint density at radius 3 is 1.86 bits per heavy atom. The second kappa shape index (κ2) is 4.70. The number of aromatic carboxylic acids is 1. The smallest absolute Gasteiger partial charge is 0.545 e. The van der Waals surface area contributed by atoms with Crippen LogP contribution in [-0.4, -0.2) is 5.97 Å². The van der Waals surface area contributed by atoms with E-state index >= 15 is 0 Å². The third-order valence-electron chi connectivity index (χ3n) is 1.99. The van der Waals surface area contributed by atoms with E-state index in [1.165, 1.54) is 0 Å². The van der Waals surface area contributed by atoms with E-state index in [9.17, 15) is 9.90 Å². The van der Waals surface area contributed by atoms with Crippen molar-refractivity contribution in [3.8, 4) is 0 Å². The van der Waals surface area contributed by atoms with Crippen molar-refractivity contribution in [3.63, 3.8) is 0 Å². The maximum absolute atomic E-state index is 10.5. The van der Waals surface area contributed by atoms with Crippen molar-refractivity contribution in [3.05, 3.63) is 35.4 Å². The van der Waals surface area contributed by atoms with E-state index in [2.05, 4.69) is 20.8 Å². The van der Waals surface area contributed by atoms with E-state index in [4.69, 9.17) is 0 Å². The monoisotopic (exact) mass is 241 g/mol. The van der Waals surface area contributed by atoms with Crippen molar-refractivity contribution in [2.45, 2.75) is 26.2 Å². The summed E-state index contributed by atoms with van der Waals surface area (Å²) < 4.78 is 0.